The van der Waals surface area contributed by atoms with Gasteiger partial charge in [-0.05, 0) is 109 Å². The zero-order chi connectivity index (χ0) is 51.2. The number of hydrogen-bond acceptors (Lipinski definition) is 5. The number of allylic oxidation sites excluding steroid dienone is 8. The molecule has 0 saturated carbocycles. The van der Waals surface area contributed by atoms with Gasteiger partial charge in [0.2, 0.25) is 17.5 Å². The van der Waals surface area contributed by atoms with Gasteiger partial charge in [0.1, 0.15) is 6.54 Å². The molecule has 3 aliphatic heterocycles. The second kappa shape index (κ2) is 21.8. The summed E-state index contributed by atoms with van der Waals surface area (Å²) in [7, 11) is -4.02. The first-order valence-electron chi connectivity index (χ1n) is 25.6. The number of fused-ring (bicyclic) bond motifs is 8. The molecule has 0 radical (unpaired) electrons. The van der Waals surface area contributed by atoms with Crippen LogP contribution in [0.3, 0.4) is 0 Å². The van der Waals surface area contributed by atoms with Gasteiger partial charge in [-0.2, -0.15) is 13.0 Å². The number of carbonyl (C=O) groups excluding carboxylic acids is 2. The van der Waals surface area contributed by atoms with Gasteiger partial charge in [-0.25, -0.2) is 0 Å². The van der Waals surface area contributed by atoms with Gasteiger partial charge in [0.25, 0.3) is 10.1 Å². The Morgan fingerprint density at radius 1 is 0.671 bits per heavy atom. The highest BCUT2D eigenvalue weighted by Gasteiger charge is 2.45. The number of carbonyl (C=O) groups is 2. The molecule has 0 bridgehead atoms. The lowest BCUT2D eigenvalue weighted by Gasteiger charge is -2.27. The molecule has 6 aromatic rings. The molecule has 2 N–H and O–H groups in total. The Labute approximate surface area is 431 Å². The van der Waals surface area contributed by atoms with E-state index >= 15 is 0 Å². The number of anilines is 2. The molecule has 0 spiro atoms. The summed E-state index contributed by atoms with van der Waals surface area (Å²) in [5.41, 5.74) is 10.2. The summed E-state index contributed by atoms with van der Waals surface area (Å²) in [6.45, 7) is 11.3. The summed E-state index contributed by atoms with van der Waals surface area (Å²) >= 11 is 0. The van der Waals surface area contributed by atoms with Crippen molar-refractivity contribution in [1.29, 1.82) is 0 Å². The van der Waals surface area contributed by atoms with E-state index in [1.165, 1.54) is 44.1 Å². The van der Waals surface area contributed by atoms with Crippen molar-refractivity contribution in [3.63, 3.8) is 0 Å². The first-order chi connectivity index (χ1) is 35.2. The van der Waals surface area contributed by atoms with E-state index in [1.807, 2.05) is 60.7 Å². The molecule has 0 aliphatic carbocycles. The van der Waals surface area contributed by atoms with Crippen molar-refractivity contribution in [1.82, 2.24) is 5.32 Å². The molecule has 0 atom stereocenters. The fourth-order valence-electron chi connectivity index (χ4n) is 11.1. The molecule has 372 valence electrons. The normalized spacial score (nSPS) is 16.2. The lowest BCUT2D eigenvalue weighted by Crippen LogP contribution is -2.35. The number of nitrogens with one attached hydrogen (secondary N) is 1. The average molecular weight is 990 g/mol. The molecule has 9 rings (SSSR count). The van der Waals surface area contributed by atoms with Crippen LogP contribution in [0.15, 0.2) is 170 Å². The highest BCUT2D eigenvalue weighted by molar-refractivity contribution is 7.85. The first-order valence-corrected chi connectivity index (χ1v) is 27.2. The van der Waals surface area contributed by atoms with Crippen molar-refractivity contribution in [3.8, 4) is 11.8 Å². The quantitative estimate of drug-likeness (QED) is 0.0292. The van der Waals surface area contributed by atoms with Crippen LogP contribution in [0.1, 0.15) is 100 Å². The number of unbranched alkanes of at least 4 members (excludes halogenated alkanes) is 3. The number of hydrogen-bond donors (Lipinski definition) is 2. The standard InChI is InChI=1S/C63H64N4O5S/c1-62(2)56(31-9-6-5-7-10-32-57-63(3,4)61-52-29-18-15-25-48(52)37-39-55(61)66(57)43-21-22-44-73(70,71)72)65(54-38-36-47-24-14-17-28-51(47)60(54)62)42-20-8-11-33-58(68)64-41-40-59(69)67-45-50-27-13-12-23-46(50)34-35-49-26-16-19-30-53(49)67/h5-7,9-10,12-19,23-32,36-39H,8,11,20-22,33,40-45H2,1-4H3,(H-,64,68,70,71,72)/p+1. The van der Waals surface area contributed by atoms with E-state index in [1.54, 1.807) is 4.90 Å². The summed E-state index contributed by atoms with van der Waals surface area (Å²) in [6, 6.07) is 41.5. The Kier molecular flexibility index (Phi) is 15.1. The van der Waals surface area contributed by atoms with Crippen molar-refractivity contribution in [2.75, 3.05) is 35.2 Å². The Balaban J connectivity index is 0.841. The Morgan fingerprint density at radius 3 is 2.11 bits per heavy atom. The molecule has 6 aromatic carbocycles. The fourth-order valence-corrected chi connectivity index (χ4v) is 11.6. The van der Waals surface area contributed by atoms with Gasteiger partial charge < -0.3 is 15.1 Å². The van der Waals surface area contributed by atoms with Crippen LogP contribution in [0.25, 0.3) is 21.5 Å². The van der Waals surface area contributed by atoms with Crippen LogP contribution >= 0.6 is 0 Å². The van der Waals surface area contributed by atoms with Gasteiger partial charge >= 0.3 is 0 Å². The zero-order valence-corrected chi connectivity index (χ0v) is 43.2. The predicted octanol–water partition coefficient (Wildman–Crippen LogP) is 12.4. The Bertz CT molecular complexity index is 3440. The monoisotopic (exact) mass is 989 g/mol. The SMILES string of the molecule is CC1(C)C(=CC=CC=CC=CC2=[N+](CCCCCC(=O)NCCC(=O)N3Cc4ccccc4C#Cc4ccccc43)c3ccc4ccccc4c3C2(C)C)N(CCCCS(=O)(=O)O)c2ccc3ccccc3c21. The first kappa shape index (κ1) is 50.6. The molecule has 10 heteroatoms. The van der Waals surface area contributed by atoms with E-state index in [4.69, 9.17) is 0 Å². The van der Waals surface area contributed by atoms with Gasteiger partial charge in [-0.15, -0.1) is 0 Å². The lowest BCUT2D eigenvalue weighted by molar-refractivity contribution is -0.438. The number of para-hydroxylation sites is 1. The van der Waals surface area contributed by atoms with Crippen molar-refractivity contribution in [3.05, 3.63) is 197 Å². The molecule has 3 aliphatic rings. The van der Waals surface area contributed by atoms with Gasteiger partial charge in [0.15, 0.2) is 5.71 Å². The van der Waals surface area contributed by atoms with Crippen molar-refractivity contribution in [2.24, 2.45) is 0 Å². The summed E-state index contributed by atoms with van der Waals surface area (Å²) in [4.78, 5) is 30.9. The average Bonchev–Trinajstić information content (AvgIpc) is 3.73. The second-order valence-electron chi connectivity index (χ2n) is 20.3. The summed E-state index contributed by atoms with van der Waals surface area (Å²) in [5, 5.41) is 7.88. The number of nitrogens with zero attached hydrogens (tertiary/aromatic N) is 3. The van der Waals surface area contributed by atoms with Crippen molar-refractivity contribution in [2.45, 2.75) is 90.0 Å². The molecule has 0 aromatic heterocycles. The van der Waals surface area contributed by atoms with Crippen molar-refractivity contribution >= 4 is 66.3 Å². The van der Waals surface area contributed by atoms with Gasteiger partial charge in [0.05, 0.1) is 23.4 Å². The van der Waals surface area contributed by atoms with Crippen LogP contribution in [-0.2, 0) is 37.1 Å². The number of amides is 2. The molecular formula is C63H65N4O5S+. The Morgan fingerprint density at radius 2 is 1.33 bits per heavy atom. The smallest absolute Gasteiger partial charge is 0.264 e. The third-order valence-corrected chi connectivity index (χ3v) is 15.4. The van der Waals surface area contributed by atoms with Gasteiger partial charge in [-0.1, -0.05) is 141 Å². The van der Waals surface area contributed by atoms with E-state index in [2.05, 4.69) is 158 Å². The van der Waals surface area contributed by atoms with Crippen LogP contribution < -0.4 is 15.1 Å². The molecular weight excluding hydrogens is 925 g/mol. The minimum atomic E-state index is -4.02. The Hall–Kier alpha value is -7.32. The largest absolute Gasteiger partial charge is 0.356 e. The van der Waals surface area contributed by atoms with E-state index in [-0.39, 0.29) is 41.4 Å². The van der Waals surface area contributed by atoms with Crippen LogP contribution in [0.2, 0.25) is 0 Å². The predicted molar refractivity (Wildman–Crippen MR) is 298 cm³/mol. The molecule has 0 fully saturated rings. The summed E-state index contributed by atoms with van der Waals surface area (Å²) < 4.78 is 34.8. The summed E-state index contributed by atoms with van der Waals surface area (Å²) in [6.07, 6.45) is 18.9. The fraction of sp³-hybridized carbons (Fsp3) is 0.286. The highest BCUT2D eigenvalue weighted by atomic mass is 32.2. The molecule has 2 amide bonds. The molecule has 0 unspecified atom stereocenters. The van der Waals surface area contributed by atoms with E-state index in [0.717, 1.165) is 59.6 Å². The topological polar surface area (TPSA) is 110 Å². The van der Waals surface area contributed by atoms with Gasteiger partial charge in [-0.3, -0.25) is 14.1 Å². The second-order valence-corrected chi connectivity index (χ2v) is 21.9. The lowest BCUT2D eigenvalue weighted by atomic mass is 9.79. The maximum atomic E-state index is 13.7. The number of rotatable bonds is 18. The van der Waals surface area contributed by atoms with E-state index in [9.17, 15) is 22.6 Å². The minimum absolute atomic E-state index is 0.0415. The molecule has 73 heavy (non-hydrogen) atoms. The van der Waals surface area contributed by atoms with Crippen LogP contribution in [-0.4, -0.2) is 60.5 Å². The molecule has 9 nitrogen and oxygen atoms in total. The highest BCUT2D eigenvalue weighted by Crippen LogP contribution is 2.51. The molecule has 3 heterocycles. The third kappa shape index (κ3) is 11.0. The van der Waals surface area contributed by atoms with Gasteiger partial charge in [0, 0.05) is 78.0 Å². The van der Waals surface area contributed by atoms with Crippen molar-refractivity contribution < 1.29 is 27.1 Å². The summed E-state index contributed by atoms with van der Waals surface area (Å²) in [5.74, 6) is 6.17. The minimum Gasteiger partial charge on any atom is -0.356 e. The zero-order valence-electron chi connectivity index (χ0n) is 42.4. The van der Waals surface area contributed by atoms with Crippen LogP contribution in [0.4, 0.5) is 17.1 Å². The van der Waals surface area contributed by atoms with Crippen LogP contribution in [0.5, 0.6) is 0 Å². The maximum Gasteiger partial charge on any atom is 0.264 e. The van der Waals surface area contributed by atoms with E-state index in [0.29, 0.717) is 32.4 Å². The number of benzene rings is 6. The van der Waals surface area contributed by atoms with E-state index < -0.39 is 10.1 Å². The maximum absolute atomic E-state index is 13.7. The third-order valence-electron chi connectivity index (χ3n) is 14.6. The molecule has 0 saturated heterocycles. The van der Waals surface area contributed by atoms with Crippen LogP contribution in [0, 0.1) is 11.8 Å².